The van der Waals surface area contributed by atoms with E-state index in [9.17, 15) is 4.79 Å². The number of rotatable bonds is 8. The van der Waals surface area contributed by atoms with Crippen molar-refractivity contribution in [1.82, 2.24) is 0 Å². The molecule has 2 N–H and O–H groups in total. The third-order valence-corrected chi connectivity index (χ3v) is 5.04. The molecule has 2 atom stereocenters. The van der Waals surface area contributed by atoms with Crippen LogP contribution in [0.4, 0.5) is 5.69 Å². The van der Waals surface area contributed by atoms with Gasteiger partial charge in [0, 0.05) is 0 Å². The first-order valence-electron chi connectivity index (χ1n) is 7.68. The molecule has 1 amide bonds. The zero-order valence-electron chi connectivity index (χ0n) is 13.8. The summed E-state index contributed by atoms with van der Waals surface area (Å²) >= 11 is 7.54. The monoisotopic (exact) mass is 365 g/mol. The van der Waals surface area contributed by atoms with Crippen molar-refractivity contribution in [2.45, 2.75) is 19.5 Å². The van der Waals surface area contributed by atoms with Gasteiger partial charge in [-0.2, -0.15) is 0 Å². The molecule has 2 rings (SSSR count). The summed E-state index contributed by atoms with van der Waals surface area (Å²) in [5, 5.41) is 2.95. The van der Waals surface area contributed by atoms with Gasteiger partial charge in [-0.25, -0.2) is 0 Å². The Hall–Kier alpha value is -1.82. The number of carbonyl (C=O) groups is 1. The summed E-state index contributed by atoms with van der Waals surface area (Å²) in [7, 11) is 1.59. The third-order valence-electron chi connectivity index (χ3n) is 3.81. The van der Waals surface area contributed by atoms with E-state index in [1.54, 1.807) is 7.11 Å². The first-order valence-corrected chi connectivity index (χ1v) is 8.88. The molecular formula is C18H22ClN2O2S+. The zero-order valence-corrected chi connectivity index (χ0v) is 15.4. The lowest BCUT2D eigenvalue weighted by Gasteiger charge is -2.24. The van der Waals surface area contributed by atoms with Gasteiger partial charge >= 0.3 is 0 Å². The Morgan fingerprint density at radius 1 is 1.42 bits per heavy atom. The van der Waals surface area contributed by atoms with Crippen LogP contribution < -0.4 is 15.0 Å². The van der Waals surface area contributed by atoms with E-state index in [-0.39, 0.29) is 11.9 Å². The third kappa shape index (κ3) is 4.84. The number of carbonyl (C=O) groups excluding carboxylic acids is 1. The summed E-state index contributed by atoms with van der Waals surface area (Å²) in [5.41, 5.74) is 0.675. The number of benzene rings is 1. The van der Waals surface area contributed by atoms with E-state index < -0.39 is 0 Å². The van der Waals surface area contributed by atoms with E-state index in [0.717, 1.165) is 20.7 Å². The molecule has 0 fully saturated rings. The van der Waals surface area contributed by atoms with Crippen LogP contribution in [-0.4, -0.2) is 25.6 Å². The highest BCUT2D eigenvalue weighted by atomic mass is 35.5. The lowest BCUT2D eigenvalue weighted by atomic mass is 10.2. The lowest BCUT2D eigenvalue weighted by Crippen LogP contribution is -3.15. The molecule has 1 unspecified atom stereocenters. The van der Waals surface area contributed by atoms with Crippen LogP contribution in [0.2, 0.25) is 4.34 Å². The number of hydrogen-bond donors (Lipinski definition) is 2. The summed E-state index contributed by atoms with van der Waals surface area (Å²) in [6.45, 7) is 7.14. The van der Waals surface area contributed by atoms with Crippen LogP contribution in [0.3, 0.4) is 0 Å². The summed E-state index contributed by atoms with van der Waals surface area (Å²) < 4.78 is 6.04. The van der Waals surface area contributed by atoms with E-state index >= 15 is 0 Å². The number of ether oxygens (including phenoxy) is 1. The highest BCUT2D eigenvalue weighted by Gasteiger charge is 2.25. The van der Waals surface area contributed by atoms with Gasteiger partial charge in [0.2, 0.25) is 0 Å². The highest BCUT2D eigenvalue weighted by molar-refractivity contribution is 7.16. The molecule has 0 aliphatic carbocycles. The molecule has 2 aromatic rings. The van der Waals surface area contributed by atoms with Crippen molar-refractivity contribution >= 4 is 34.5 Å². The molecule has 0 aliphatic rings. The number of amides is 1. The maximum atomic E-state index is 12.6. The van der Waals surface area contributed by atoms with Crippen molar-refractivity contribution < 1.29 is 14.4 Å². The standard InChI is InChI=1S/C18H21ClN2O2S/c1-4-11-21(12-14-9-10-17(19)24-14)13(2)18(22)20-15-7-5-6-8-16(15)23-3/h4-10,13H,1,11-12H2,2-3H3,(H,20,22)/p+1/t13-/m1/s1. The molecule has 1 aromatic carbocycles. The molecule has 0 saturated heterocycles. The number of nitrogens with one attached hydrogen (secondary N) is 2. The molecule has 1 aromatic heterocycles. The second-order valence-corrected chi connectivity index (χ2v) is 7.24. The smallest absolute Gasteiger partial charge is 0.282 e. The Kier molecular flexibility index (Phi) is 6.85. The average Bonchev–Trinajstić information content (AvgIpc) is 2.99. The number of methoxy groups -OCH3 is 1. The molecule has 0 bridgehead atoms. The van der Waals surface area contributed by atoms with Crippen molar-refractivity contribution in [2.24, 2.45) is 0 Å². The first kappa shape index (κ1) is 18.5. The second kappa shape index (κ2) is 8.87. The molecule has 6 heteroatoms. The maximum absolute atomic E-state index is 12.6. The number of hydrogen-bond acceptors (Lipinski definition) is 3. The van der Waals surface area contributed by atoms with E-state index in [0.29, 0.717) is 18.0 Å². The molecule has 0 aliphatic heterocycles. The fraction of sp³-hybridized carbons (Fsp3) is 0.278. The highest BCUT2D eigenvalue weighted by Crippen LogP contribution is 2.23. The van der Waals surface area contributed by atoms with Crippen LogP contribution >= 0.6 is 22.9 Å². The van der Waals surface area contributed by atoms with Crippen LogP contribution in [0, 0.1) is 0 Å². The predicted octanol–water partition coefficient (Wildman–Crippen LogP) is 3.01. The zero-order chi connectivity index (χ0) is 17.5. The summed E-state index contributed by atoms with van der Waals surface area (Å²) in [5.74, 6) is 0.590. The van der Waals surface area contributed by atoms with E-state index in [1.165, 1.54) is 11.3 Å². The number of thiophene rings is 1. The SMILES string of the molecule is C=CC[NH+](Cc1ccc(Cl)s1)[C@H](C)C(=O)Nc1ccccc1OC. The minimum atomic E-state index is -0.242. The predicted molar refractivity (Wildman–Crippen MR) is 100 cm³/mol. The minimum absolute atomic E-state index is 0.0565. The van der Waals surface area contributed by atoms with Gasteiger partial charge in [-0.3, -0.25) is 4.79 Å². The Morgan fingerprint density at radius 2 is 2.17 bits per heavy atom. The molecule has 1 heterocycles. The molecule has 0 radical (unpaired) electrons. The fourth-order valence-corrected chi connectivity index (χ4v) is 3.57. The van der Waals surface area contributed by atoms with E-state index in [1.807, 2.05) is 49.4 Å². The number of anilines is 1. The van der Waals surface area contributed by atoms with Gasteiger partial charge in [0.1, 0.15) is 12.3 Å². The molecular weight excluding hydrogens is 344 g/mol. The van der Waals surface area contributed by atoms with Gasteiger partial charge in [-0.15, -0.1) is 11.3 Å². The van der Waals surface area contributed by atoms with Crippen LogP contribution in [0.25, 0.3) is 0 Å². The van der Waals surface area contributed by atoms with Gasteiger partial charge in [0.05, 0.1) is 28.6 Å². The van der Waals surface area contributed by atoms with Gasteiger partial charge in [-0.1, -0.05) is 30.3 Å². The van der Waals surface area contributed by atoms with E-state index in [2.05, 4.69) is 11.9 Å². The van der Waals surface area contributed by atoms with Crippen LogP contribution in [0.15, 0.2) is 49.1 Å². The minimum Gasteiger partial charge on any atom is -0.495 e. The molecule has 24 heavy (non-hydrogen) atoms. The van der Waals surface area contributed by atoms with Gasteiger partial charge in [0.25, 0.3) is 5.91 Å². The van der Waals surface area contributed by atoms with Crippen molar-refractivity contribution in [3.05, 3.63) is 58.3 Å². The molecule has 0 saturated carbocycles. The Labute approximate surface area is 151 Å². The van der Waals surface area contributed by atoms with Gasteiger partial charge in [-0.05, 0) is 37.3 Å². The second-order valence-electron chi connectivity index (χ2n) is 5.44. The van der Waals surface area contributed by atoms with Crippen LogP contribution in [0.5, 0.6) is 5.75 Å². The Balaban J connectivity index is 2.08. The number of para-hydroxylation sites is 2. The summed E-state index contributed by atoms with van der Waals surface area (Å²) in [6, 6.07) is 11.0. The molecule has 4 nitrogen and oxygen atoms in total. The topological polar surface area (TPSA) is 42.8 Å². The Bertz CT molecular complexity index is 702. The number of halogens is 1. The normalized spacial score (nSPS) is 13.1. The summed E-state index contributed by atoms with van der Waals surface area (Å²) in [6.07, 6.45) is 1.83. The lowest BCUT2D eigenvalue weighted by molar-refractivity contribution is -0.921. The van der Waals surface area contributed by atoms with Crippen LogP contribution in [-0.2, 0) is 11.3 Å². The number of quaternary nitrogens is 1. The largest absolute Gasteiger partial charge is 0.495 e. The average molecular weight is 366 g/mol. The Morgan fingerprint density at radius 3 is 2.79 bits per heavy atom. The molecule has 0 spiro atoms. The quantitative estimate of drug-likeness (QED) is 0.706. The van der Waals surface area contributed by atoms with Crippen molar-refractivity contribution in [3.63, 3.8) is 0 Å². The van der Waals surface area contributed by atoms with Crippen molar-refractivity contribution in [2.75, 3.05) is 19.0 Å². The summed E-state index contributed by atoms with van der Waals surface area (Å²) in [4.78, 5) is 14.9. The van der Waals surface area contributed by atoms with E-state index in [4.69, 9.17) is 16.3 Å². The van der Waals surface area contributed by atoms with Crippen molar-refractivity contribution in [3.8, 4) is 5.75 Å². The fourth-order valence-electron chi connectivity index (χ4n) is 2.43. The maximum Gasteiger partial charge on any atom is 0.282 e. The molecule has 128 valence electrons. The van der Waals surface area contributed by atoms with Crippen molar-refractivity contribution in [1.29, 1.82) is 0 Å². The van der Waals surface area contributed by atoms with Gasteiger partial charge < -0.3 is 15.0 Å². The van der Waals surface area contributed by atoms with Crippen LogP contribution in [0.1, 0.15) is 11.8 Å². The van der Waals surface area contributed by atoms with Gasteiger partial charge in [0.15, 0.2) is 6.04 Å². The first-order chi connectivity index (χ1) is 11.5.